The van der Waals surface area contributed by atoms with Gasteiger partial charge in [-0.05, 0) is 48.2 Å². The van der Waals surface area contributed by atoms with Gasteiger partial charge in [0.1, 0.15) is 17.2 Å². The minimum atomic E-state index is -0.278. The number of imidazole rings is 1. The Labute approximate surface area is 205 Å². The van der Waals surface area contributed by atoms with Gasteiger partial charge in [-0.25, -0.2) is 4.98 Å². The molecule has 35 heavy (non-hydrogen) atoms. The lowest BCUT2D eigenvalue weighted by atomic mass is 10.0. The first-order valence-electron chi connectivity index (χ1n) is 11.9. The molecule has 2 heterocycles. The summed E-state index contributed by atoms with van der Waals surface area (Å²) in [5, 5.41) is 2.99. The zero-order valence-electron chi connectivity index (χ0n) is 20.3. The Balaban J connectivity index is 1.69. The van der Waals surface area contributed by atoms with Gasteiger partial charge >= 0.3 is 0 Å². The van der Waals surface area contributed by atoms with Crippen molar-refractivity contribution in [2.75, 3.05) is 23.9 Å². The van der Waals surface area contributed by atoms with Crippen molar-refractivity contribution >= 4 is 29.5 Å². The van der Waals surface area contributed by atoms with Gasteiger partial charge in [0, 0.05) is 12.7 Å². The molecule has 0 aliphatic rings. The predicted octanol–water partition coefficient (Wildman–Crippen LogP) is 5.59. The number of aromatic nitrogens is 2. The standard InChI is InChI=1S/C28H30N4O3/c1-4-6-16-31(19-33)28-23(5-2)29-26-15-13-22(18-32(26)28)27(34)30-24-17-21(12-14-25(24)35-3)20-10-8-7-9-11-20/h7-15,17-19H,4-6,16H2,1-3H3,(H,30,34). The zero-order chi connectivity index (χ0) is 24.8. The summed E-state index contributed by atoms with van der Waals surface area (Å²) < 4.78 is 7.32. The topological polar surface area (TPSA) is 75.9 Å². The Morgan fingerprint density at radius 1 is 1.09 bits per heavy atom. The van der Waals surface area contributed by atoms with E-state index in [1.165, 1.54) is 0 Å². The molecule has 7 nitrogen and oxygen atoms in total. The van der Waals surface area contributed by atoms with Crippen molar-refractivity contribution in [3.8, 4) is 16.9 Å². The molecule has 2 aromatic heterocycles. The first-order valence-corrected chi connectivity index (χ1v) is 11.9. The van der Waals surface area contributed by atoms with Crippen molar-refractivity contribution < 1.29 is 14.3 Å². The number of amides is 2. The van der Waals surface area contributed by atoms with Crippen LogP contribution in [-0.4, -0.2) is 35.4 Å². The lowest BCUT2D eigenvalue weighted by Gasteiger charge is -2.18. The van der Waals surface area contributed by atoms with Gasteiger partial charge in [0.15, 0.2) is 0 Å². The molecule has 4 rings (SSSR count). The molecular formula is C28H30N4O3. The van der Waals surface area contributed by atoms with E-state index in [1.807, 2.05) is 59.9 Å². The number of nitrogens with one attached hydrogen (secondary N) is 1. The molecule has 0 unspecified atom stereocenters. The summed E-state index contributed by atoms with van der Waals surface area (Å²) in [6.07, 6.45) is 5.11. The van der Waals surface area contributed by atoms with Crippen LogP contribution in [0.4, 0.5) is 11.5 Å². The van der Waals surface area contributed by atoms with Crippen LogP contribution in [0.2, 0.25) is 0 Å². The number of hydrogen-bond donors (Lipinski definition) is 1. The van der Waals surface area contributed by atoms with Crippen LogP contribution >= 0.6 is 0 Å². The lowest BCUT2D eigenvalue weighted by molar-refractivity contribution is -0.107. The molecule has 0 aliphatic heterocycles. The smallest absolute Gasteiger partial charge is 0.257 e. The largest absolute Gasteiger partial charge is 0.495 e. The van der Waals surface area contributed by atoms with Crippen molar-refractivity contribution in [1.82, 2.24) is 9.38 Å². The van der Waals surface area contributed by atoms with E-state index in [4.69, 9.17) is 4.74 Å². The number of aryl methyl sites for hydroxylation is 1. The van der Waals surface area contributed by atoms with Crippen LogP contribution < -0.4 is 15.0 Å². The van der Waals surface area contributed by atoms with E-state index in [2.05, 4.69) is 17.2 Å². The minimum Gasteiger partial charge on any atom is -0.495 e. The number of fused-ring (bicyclic) bond motifs is 1. The van der Waals surface area contributed by atoms with Gasteiger partial charge in [0.05, 0.1) is 24.1 Å². The Kier molecular flexibility index (Phi) is 7.45. The predicted molar refractivity (Wildman–Crippen MR) is 139 cm³/mol. The number of benzene rings is 2. The van der Waals surface area contributed by atoms with E-state index in [1.54, 1.807) is 30.3 Å². The number of hydrogen-bond acceptors (Lipinski definition) is 4. The van der Waals surface area contributed by atoms with Crippen LogP contribution in [-0.2, 0) is 11.2 Å². The SMILES string of the molecule is CCCCN(C=O)c1c(CC)nc2ccc(C(=O)Nc3cc(-c4ccccc4)ccc3OC)cn12. The first kappa shape index (κ1) is 24.0. The Hall–Kier alpha value is -4.13. The first-order chi connectivity index (χ1) is 17.1. The quantitative estimate of drug-likeness (QED) is 0.307. The Morgan fingerprint density at radius 2 is 1.89 bits per heavy atom. The Bertz CT molecular complexity index is 1330. The molecule has 0 bridgehead atoms. The number of carbonyl (C=O) groups excluding carboxylic acids is 2. The number of methoxy groups -OCH3 is 1. The second-order valence-electron chi connectivity index (χ2n) is 8.27. The molecule has 1 N–H and O–H groups in total. The molecule has 2 aromatic carbocycles. The van der Waals surface area contributed by atoms with Crippen LogP contribution in [0.1, 0.15) is 42.7 Å². The highest BCUT2D eigenvalue weighted by Gasteiger charge is 2.19. The normalized spacial score (nSPS) is 10.8. The van der Waals surface area contributed by atoms with E-state index >= 15 is 0 Å². The summed E-state index contributed by atoms with van der Waals surface area (Å²) in [7, 11) is 1.58. The van der Waals surface area contributed by atoms with Crippen LogP contribution in [0.5, 0.6) is 5.75 Å². The van der Waals surface area contributed by atoms with Crippen molar-refractivity contribution in [3.05, 3.63) is 78.1 Å². The number of nitrogens with zero attached hydrogens (tertiary/aromatic N) is 3. The lowest BCUT2D eigenvalue weighted by Crippen LogP contribution is -2.25. The molecule has 2 amide bonds. The van der Waals surface area contributed by atoms with Gasteiger partial charge in [0.2, 0.25) is 6.41 Å². The van der Waals surface area contributed by atoms with Crippen LogP contribution in [0, 0.1) is 0 Å². The van der Waals surface area contributed by atoms with Crippen molar-refractivity contribution in [1.29, 1.82) is 0 Å². The number of rotatable bonds is 10. The van der Waals surface area contributed by atoms with E-state index in [0.29, 0.717) is 41.4 Å². The van der Waals surface area contributed by atoms with E-state index in [9.17, 15) is 9.59 Å². The summed E-state index contributed by atoms with van der Waals surface area (Å²) in [5.74, 6) is 1.01. The highest BCUT2D eigenvalue weighted by molar-refractivity contribution is 6.05. The number of unbranched alkanes of at least 4 members (excludes halogenated alkanes) is 1. The third-order valence-corrected chi connectivity index (χ3v) is 5.97. The fraction of sp³-hybridized carbons (Fsp3) is 0.250. The van der Waals surface area contributed by atoms with E-state index in [-0.39, 0.29) is 5.91 Å². The molecule has 0 atom stereocenters. The van der Waals surface area contributed by atoms with Gasteiger partial charge in [-0.1, -0.05) is 56.7 Å². The van der Waals surface area contributed by atoms with Gasteiger partial charge in [-0.3, -0.25) is 18.9 Å². The van der Waals surface area contributed by atoms with Crippen LogP contribution in [0.15, 0.2) is 66.9 Å². The fourth-order valence-electron chi connectivity index (χ4n) is 4.10. The molecule has 180 valence electrons. The maximum atomic E-state index is 13.3. The molecular weight excluding hydrogens is 440 g/mol. The number of pyridine rings is 1. The summed E-state index contributed by atoms with van der Waals surface area (Å²) in [4.78, 5) is 31.5. The molecule has 0 fully saturated rings. The number of carbonyl (C=O) groups is 2. The third-order valence-electron chi connectivity index (χ3n) is 5.97. The highest BCUT2D eigenvalue weighted by Crippen LogP contribution is 2.31. The number of anilines is 2. The van der Waals surface area contributed by atoms with Crippen molar-refractivity contribution in [2.24, 2.45) is 0 Å². The van der Waals surface area contributed by atoms with Gasteiger partial charge < -0.3 is 10.1 Å². The molecule has 0 saturated carbocycles. The van der Waals surface area contributed by atoms with E-state index < -0.39 is 0 Å². The molecule has 0 spiro atoms. The molecule has 0 radical (unpaired) electrons. The minimum absolute atomic E-state index is 0.278. The monoisotopic (exact) mass is 470 g/mol. The van der Waals surface area contributed by atoms with E-state index in [0.717, 1.165) is 36.1 Å². The molecule has 4 aromatic rings. The maximum absolute atomic E-state index is 13.3. The van der Waals surface area contributed by atoms with Crippen LogP contribution in [0.25, 0.3) is 16.8 Å². The third kappa shape index (κ3) is 5.04. The summed E-state index contributed by atoms with van der Waals surface area (Å²) in [5.41, 5.74) is 4.56. The summed E-state index contributed by atoms with van der Waals surface area (Å²) in [6.45, 7) is 4.69. The summed E-state index contributed by atoms with van der Waals surface area (Å²) in [6, 6.07) is 19.2. The fourth-order valence-corrected chi connectivity index (χ4v) is 4.10. The highest BCUT2D eigenvalue weighted by atomic mass is 16.5. The van der Waals surface area contributed by atoms with Gasteiger partial charge in [-0.15, -0.1) is 0 Å². The molecule has 7 heteroatoms. The zero-order valence-corrected chi connectivity index (χ0v) is 20.3. The molecule has 0 aliphatic carbocycles. The van der Waals surface area contributed by atoms with Gasteiger partial charge in [0.25, 0.3) is 5.91 Å². The van der Waals surface area contributed by atoms with Crippen LogP contribution in [0.3, 0.4) is 0 Å². The number of ether oxygens (including phenoxy) is 1. The average Bonchev–Trinajstić information content (AvgIpc) is 3.27. The van der Waals surface area contributed by atoms with Crippen molar-refractivity contribution in [3.63, 3.8) is 0 Å². The van der Waals surface area contributed by atoms with Gasteiger partial charge in [-0.2, -0.15) is 0 Å². The Morgan fingerprint density at radius 3 is 2.57 bits per heavy atom. The molecule has 0 saturated heterocycles. The van der Waals surface area contributed by atoms with Crippen molar-refractivity contribution in [2.45, 2.75) is 33.1 Å². The second-order valence-corrected chi connectivity index (χ2v) is 8.27. The second kappa shape index (κ2) is 10.9. The maximum Gasteiger partial charge on any atom is 0.257 e. The summed E-state index contributed by atoms with van der Waals surface area (Å²) >= 11 is 0. The average molecular weight is 471 g/mol.